The molecule has 0 rings (SSSR count). The smallest absolute Gasteiger partial charge is 0.217 e. The molecule has 0 aliphatic rings. The first-order valence-corrected chi connectivity index (χ1v) is 3.62. The fourth-order valence-corrected chi connectivity index (χ4v) is 0.732. The first-order chi connectivity index (χ1) is 5.36. The van der Waals surface area contributed by atoms with Gasteiger partial charge in [0.2, 0.25) is 12.1 Å². The van der Waals surface area contributed by atoms with Crippen LogP contribution in [0.2, 0.25) is 0 Å². The Balaban J connectivity index is 3.76. The third-order valence-corrected chi connectivity index (χ3v) is 1.62. The first kappa shape index (κ1) is 10.8. The van der Waals surface area contributed by atoms with Gasteiger partial charge in [0.1, 0.15) is 0 Å². The molecule has 0 aliphatic carbocycles. The minimum Gasteiger partial charge on any atom is -0.265 e. The van der Waals surface area contributed by atoms with Crippen molar-refractivity contribution in [2.24, 2.45) is 0 Å². The molecular weight excluding hydrogens is 164 g/mol. The fraction of sp³-hybridized carbons (Fsp3) is 1.00. The van der Waals surface area contributed by atoms with Crippen molar-refractivity contribution in [2.45, 2.75) is 32.2 Å². The molecule has 0 amide bonds. The van der Waals surface area contributed by atoms with E-state index in [1.165, 1.54) is 13.8 Å². The average molecular weight is 176 g/mol. The van der Waals surface area contributed by atoms with E-state index in [9.17, 15) is 20.2 Å². The fourth-order valence-electron chi connectivity index (χ4n) is 0.732. The quantitative estimate of drug-likeness (QED) is 0.463. The Morgan fingerprint density at radius 1 is 1.25 bits per heavy atom. The number of rotatable bonds is 5. The molecule has 0 fully saturated rings. The summed E-state index contributed by atoms with van der Waals surface area (Å²) in [4.78, 5) is 19.4. The van der Waals surface area contributed by atoms with Gasteiger partial charge in [-0.3, -0.25) is 20.2 Å². The van der Waals surface area contributed by atoms with Gasteiger partial charge in [-0.1, -0.05) is 0 Å². The van der Waals surface area contributed by atoms with E-state index in [4.69, 9.17) is 0 Å². The van der Waals surface area contributed by atoms with E-state index in [-0.39, 0.29) is 19.4 Å². The van der Waals surface area contributed by atoms with E-state index in [0.717, 1.165) is 0 Å². The monoisotopic (exact) mass is 176 g/mol. The van der Waals surface area contributed by atoms with Gasteiger partial charge in [0.25, 0.3) is 0 Å². The molecule has 0 bridgehead atoms. The minimum absolute atomic E-state index is 0.197. The predicted molar refractivity (Wildman–Crippen MR) is 42.2 cm³/mol. The lowest BCUT2D eigenvalue weighted by molar-refractivity contribution is -0.563. The van der Waals surface area contributed by atoms with Crippen molar-refractivity contribution in [3.63, 3.8) is 0 Å². The predicted octanol–water partition coefficient (Wildman–Crippen LogP) is 1.10. The molecule has 0 radical (unpaired) electrons. The van der Waals surface area contributed by atoms with Crippen LogP contribution in [-0.2, 0) is 0 Å². The van der Waals surface area contributed by atoms with E-state index >= 15 is 0 Å². The second-order valence-corrected chi connectivity index (χ2v) is 3.23. The van der Waals surface area contributed by atoms with Gasteiger partial charge in [-0.25, -0.2) is 0 Å². The minimum atomic E-state index is -1.05. The zero-order valence-corrected chi connectivity index (χ0v) is 7.15. The highest BCUT2D eigenvalue weighted by Crippen LogP contribution is 2.14. The second-order valence-electron chi connectivity index (χ2n) is 3.23. The van der Waals surface area contributed by atoms with E-state index in [2.05, 4.69) is 0 Å². The van der Waals surface area contributed by atoms with Crippen LogP contribution < -0.4 is 0 Å². The molecule has 0 atom stereocenters. The number of hydrogen-bond acceptors (Lipinski definition) is 4. The van der Waals surface area contributed by atoms with Crippen molar-refractivity contribution in [1.29, 1.82) is 0 Å². The summed E-state index contributed by atoms with van der Waals surface area (Å²) in [7, 11) is 0. The lowest BCUT2D eigenvalue weighted by atomic mass is 10.00. The molecule has 70 valence electrons. The molecule has 0 aliphatic heterocycles. The van der Waals surface area contributed by atoms with Crippen LogP contribution in [0.15, 0.2) is 0 Å². The molecule has 6 nitrogen and oxygen atoms in total. The largest absolute Gasteiger partial charge is 0.265 e. The normalized spacial score (nSPS) is 11.2. The van der Waals surface area contributed by atoms with Crippen LogP contribution in [0.1, 0.15) is 26.7 Å². The summed E-state index contributed by atoms with van der Waals surface area (Å²) in [6.07, 6.45) is 0.488. The summed E-state index contributed by atoms with van der Waals surface area (Å²) in [5, 5.41) is 20.2. The molecule has 0 saturated heterocycles. The molecule has 0 saturated carbocycles. The Bertz CT molecular complexity index is 190. The van der Waals surface area contributed by atoms with Crippen LogP contribution in [0.25, 0.3) is 0 Å². The summed E-state index contributed by atoms with van der Waals surface area (Å²) in [5.41, 5.74) is -1.05. The molecule has 0 aromatic rings. The maximum atomic E-state index is 10.3. The van der Waals surface area contributed by atoms with E-state index in [1.807, 2.05) is 0 Å². The summed E-state index contributed by atoms with van der Waals surface area (Å²) in [6.45, 7) is 2.73. The second kappa shape index (κ2) is 3.99. The highest BCUT2D eigenvalue weighted by Gasteiger charge is 2.30. The zero-order chi connectivity index (χ0) is 9.78. The lowest BCUT2D eigenvalue weighted by Crippen LogP contribution is -2.31. The van der Waals surface area contributed by atoms with Gasteiger partial charge >= 0.3 is 0 Å². The molecule has 0 N–H and O–H groups in total. The van der Waals surface area contributed by atoms with Crippen LogP contribution in [0.4, 0.5) is 0 Å². The van der Waals surface area contributed by atoms with Crippen molar-refractivity contribution < 1.29 is 9.85 Å². The number of nitro groups is 2. The van der Waals surface area contributed by atoms with Gasteiger partial charge in [0.15, 0.2) is 0 Å². The Labute approximate surface area is 69.9 Å². The Morgan fingerprint density at radius 2 is 1.75 bits per heavy atom. The zero-order valence-electron chi connectivity index (χ0n) is 7.15. The topological polar surface area (TPSA) is 86.3 Å². The highest BCUT2D eigenvalue weighted by molar-refractivity contribution is 4.65. The van der Waals surface area contributed by atoms with Crippen molar-refractivity contribution >= 4 is 0 Å². The van der Waals surface area contributed by atoms with E-state index < -0.39 is 15.4 Å². The van der Waals surface area contributed by atoms with Gasteiger partial charge in [0.05, 0.1) is 0 Å². The van der Waals surface area contributed by atoms with Gasteiger partial charge in [-0.05, 0) is 0 Å². The summed E-state index contributed by atoms with van der Waals surface area (Å²) < 4.78 is 0. The maximum Gasteiger partial charge on any atom is 0.217 e. The molecule has 0 spiro atoms. The highest BCUT2D eigenvalue weighted by atomic mass is 16.6. The summed E-state index contributed by atoms with van der Waals surface area (Å²) in [6, 6.07) is 0. The molecule has 0 aromatic carbocycles. The van der Waals surface area contributed by atoms with E-state index in [1.54, 1.807) is 0 Å². The number of hydrogen-bond donors (Lipinski definition) is 0. The van der Waals surface area contributed by atoms with Crippen LogP contribution >= 0.6 is 0 Å². The lowest BCUT2D eigenvalue weighted by Gasteiger charge is -2.13. The van der Waals surface area contributed by atoms with Gasteiger partial charge in [0, 0.05) is 36.5 Å². The van der Waals surface area contributed by atoms with Crippen molar-refractivity contribution in [3.8, 4) is 0 Å². The van der Waals surface area contributed by atoms with Crippen LogP contribution in [0.5, 0.6) is 0 Å². The molecule has 0 unspecified atom stereocenters. The van der Waals surface area contributed by atoms with Gasteiger partial charge in [-0.15, -0.1) is 0 Å². The average Bonchev–Trinajstić information content (AvgIpc) is 1.85. The molecule has 0 heterocycles. The van der Waals surface area contributed by atoms with Crippen molar-refractivity contribution in [3.05, 3.63) is 20.2 Å². The third kappa shape index (κ3) is 3.85. The molecule has 12 heavy (non-hydrogen) atoms. The van der Waals surface area contributed by atoms with Crippen molar-refractivity contribution in [1.82, 2.24) is 0 Å². The summed E-state index contributed by atoms with van der Waals surface area (Å²) >= 11 is 0. The Morgan fingerprint density at radius 3 is 2.08 bits per heavy atom. The number of nitrogens with zero attached hydrogens (tertiary/aromatic N) is 2. The van der Waals surface area contributed by atoms with Crippen LogP contribution in [0.3, 0.4) is 0 Å². The Kier molecular flexibility index (Phi) is 3.59. The SMILES string of the molecule is CC(C)(CCC[N+](=O)[O-])[N+](=O)[O-]. The molecule has 6 heteroatoms. The molecular formula is C6H12N2O4. The first-order valence-electron chi connectivity index (χ1n) is 3.62. The molecule has 0 aromatic heterocycles. The standard InChI is InChI=1S/C6H12N2O4/c1-6(2,8(11)12)4-3-5-7(9)10/h3-5H2,1-2H3. The van der Waals surface area contributed by atoms with Gasteiger partial charge in [-0.2, -0.15) is 0 Å². The van der Waals surface area contributed by atoms with Crippen LogP contribution in [0, 0.1) is 20.2 Å². The van der Waals surface area contributed by atoms with Crippen molar-refractivity contribution in [2.75, 3.05) is 6.54 Å². The maximum absolute atomic E-state index is 10.3. The Hall–Kier alpha value is -1.20. The van der Waals surface area contributed by atoms with E-state index in [0.29, 0.717) is 0 Å². The van der Waals surface area contributed by atoms with Gasteiger partial charge < -0.3 is 0 Å². The third-order valence-electron chi connectivity index (χ3n) is 1.62. The van der Waals surface area contributed by atoms with Crippen LogP contribution in [-0.4, -0.2) is 21.9 Å². The summed E-state index contributed by atoms with van der Waals surface area (Å²) in [5.74, 6) is 0.